The molecule has 78 valence electrons. The molecule has 0 bridgehead atoms. The number of aromatic amines is 2. The standard InChI is InChI=1S/C8H6N2O3S2/c1-2-3-5(11)9-8(14)10-6(3)15-4(2)7(12)13/h1H3,(H,12,13)(H2,9,10,11,14)/p-1. The largest absolute Gasteiger partial charge is 0.544 e. The molecule has 0 fully saturated rings. The summed E-state index contributed by atoms with van der Waals surface area (Å²) in [5.41, 5.74) is 0.0255. The van der Waals surface area contributed by atoms with Gasteiger partial charge in [-0.15, -0.1) is 11.3 Å². The van der Waals surface area contributed by atoms with Crippen LogP contribution in [0.3, 0.4) is 0 Å². The lowest BCUT2D eigenvalue weighted by molar-refractivity contribution is -0.254. The number of hydrogen-bond acceptors (Lipinski definition) is 5. The molecule has 0 radical (unpaired) electrons. The second kappa shape index (κ2) is 3.28. The topological polar surface area (TPSA) is 88.8 Å². The summed E-state index contributed by atoms with van der Waals surface area (Å²) >= 11 is 5.73. The Kier molecular flexibility index (Phi) is 2.20. The molecule has 0 atom stereocenters. The normalized spacial score (nSPS) is 10.7. The Balaban J connectivity index is 3.01. The molecule has 2 N–H and O–H groups in total. The Bertz CT molecular complexity index is 665. The smallest absolute Gasteiger partial charge is 0.260 e. The van der Waals surface area contributed by atoms with Gasteiger partial charge in [-0.25, -0.2) is 0 Å². The van der Waals surface area contributed by atoms with E-state index in [4.69, 9.17) is 12.2 Å². The number of carboxylic acids is 1. The minimum absolute atomic E-state index is 0.0485. The van der Waals surface area contributed by atoms with Gasteiger partial charge in [-0.1, -0.05) is 0 Å². The van der Waals surface area contributed by atoms with Crippen LogP contribution in [0, 0.1) is 11.7 Å². The van der Waals surface area contributed by atoms with Crippen LogP contribution in [0.4, 0.5) is 0 Å². The van der Waals surface area contributed by atoms with Crippen LogP contribution < -0.4 is 10.7 Å². The van der Waals surface area contributed by atoms with Crippen LogP contribution in [0.2, 0.25) is 0 Å². The highest BCUT2D eigenvalue weighted by molar-refractivity contribution is 7.71. The third-order valence-electron chi connectivity index (χ3n) is 2.01. The van der Waals surface area contributed by atoms with Crippen molar-refractivity contribution in [3.63, 3.8) is 0 Å². The highest BCUT2D eigenvalue weighted by atomic mass is 32.1. The number of carbonyl (C=O) groups is 1. The van der Waals surface area contributed by atoms with E-state index in [9.17, 15) is 14.7 Å². The van der Waals surface area contributed by atoms with Gasteiger partial charge in [0.2, 0.25) is 0 Å². The number of aryl methyl sites for hydroxylation is 1. The molecule has 5 nitrogen and oxygen atoms in total. The third kappa shape index (κ3) is 1.49. The van der Waals surface area contributed by atoms with E-state index in [-0.39, 0.29) is 15.2 Å². The first kappa shape index (κ1) is 10.1. The molecule has 2 rings (SSSR count). The van der Waals surface area contributed by atoms with Crippen molar-refractivity contribution in [1.82, 2.24) is 9.97 Å². The van der Waals surface area contributed by atoms with Gasteiger partial charge in [0.25, 0.3) is 5.56 Å². The first-order valence-electron chi connectivity index (χ1n) is 3.97. The number of nitrogens with one attached hydrogen (secondary N) is 2. The van der Waals surface area contributed by atoms with E-state index in [0.29, 0.717) is 15.8 Å². The number of carboxylic acid groups (broad SMARTS) is 1. The zero-order valence-electron chi connectivity index (χ0n) is 7.54. The Morgan fingerprint density at radius 2 is 2.13 bits per heavy atom. The van der Waals surface area contributed by atoms with E-state index in [1.54, 1.807) is 6.92 Å². The molecule has 2 heterocycles. The van der Waals surface area contributed by atoms with Gasteiger partial charge in [0.05, 0.1) is 16.2 Å². The Labute approximate surface area is 92.4 Å². The number of rotatable bonds is 1. The zero-order chi connectivity index (χ0) is 11.2. The molecule has 0 aliphatic carbocycles. The van der Waals surface area contributed by atoms with Crippen LogP contribution in [-0.2, 0) is 0 Å². The molecule has 0 amide bonds. The van der Waals surface area contributed by atoms with Crippen molar-refractivity contribution in [3.8, 4) is 0 Å². The average molecular weight is 241 g/mol. The monoisotopic (exact) mass is 241 g/mol. The maximum absolute atomic E-state index is 11.5. The van der Waals surface area contributed by atoms with Crippen molar-refractivity contribution in [2.75, 3.05) is 0 Å². The summed E-state index contributed by atoms with van der Waals surface area (Å²) in [5, 5.41) is 11.1. The Hall–Kier alpha value is -1.47. The third-order valence-corrected chi connectivity index (χ3v) is 3.40. The van der Waals surface area contributed by atoms with Crippen molar-refractivity contribution in [3.05, 3.63) is 25.6 Å². The van der Waals surface area contributed by atoms with Crippen molar-refractivity contribution in [2.24, 2.45) is 0 Å². The summed E-state index contributed by atoms with van der Waals surface area (Å²) in [6.45, 7) is 1.57. The number of fused-ring (bicyclic) bond motifs is 1. The highest BCUT2D eigenvalue weighted by Crippen LogP contribution is 2.25. The molecule has 0 aromatic carbocycles. The number of thiophene rings is 1. The first-order chi connectivity index (χ1) is 7.00. The molecular weight excluding hydrogens is 236 g/mol. The van der Waals surface area contributed by atoms with Crippen LogP contribution in [0.25, 0.3) is 10.2 Å². The number of hydrogen-bond donors (Lipinski definition) is 2. The second-order valence-electron chi connectivity index (χ2n) is 2.96. The molecule has 15 heavy (non-hydrogen) atoms. The van der Waals surface area contributed by atoms with Gasteiger partial charge in [-0.2, -0.15) is 0 Å². The van der Waals surface area contributed by atoms with Crippen LogP contribution in [-0.4, -0.2) is 15.9 Å². The summed E-state index contributed by atoms with van der Waals surface area (Å²) in [5.74, 6) is -1.28. The first-order valence-corrected chi connectivity index (χ1v) is 5.20. The van der Waals surface area contributed by atoms with Crippen molar-refractivity contribution in [2.45, 2.75) is 6.92 Å². The van der Waals surface area contributed by atoms with Gasteiger partial charge >= 0.3 is 0 Å². The van der Waals surface area contributed by atoms with Crippen LogP contribution in [0.15, 0.2) is 4.79 Å². The fourth-order valence-corrected chi connectivity index (χ4v) is 2.67. The molecule has 2 aromatic rings. The van der Waals surface area contributed by atoms with E-state index >= 15 is 0 Å². The second-order valence-corrected chi connectivity index (χ2v) is 4.38. The van der Waals surface area contributed by atoms with E-state index in [1.165, 1.54) is 0 Å². The van der Waals surface area contributed by atoms with E-state index in [1.807, 2.05) is 0 Å². The van der Waals surface area contributed by atoms with Crippen LogP contribution >= 0.6 is 23.6 Å². The van der Waals surface area contributed by atoms with Crippen molar-refractivity contribution < 1.29 is 9.90 Å². The molecule has 0 spiro atoms. The average Bonchev–Trinajstić information content (AvgIpc) is 2.42. The predicted molar refractivity (Wildman–Crippen MR) is 56.7 cm³/mol. The maximum Gasteiger partial charge on any atom is 0.260 e. The molecule has 2 aromatic heterocycles. The zero-order valence-corrected chi connectivity index (χ0v) is 9.17. The molecule has 0 saturated carbocycles. The number of aromatic carboxylic acids is 1. The Morgan fingerprint density at radius 3 is 2.73 bits per heavy atom. The van der Waals surface area contributed by atoms with Gasteiger partial charge in [0.1, 0.15) is 4.83 Å². The fourth-order valence-electron chi connectivity index (χ4n) is 1.37. The van der Waals surface area contributed by atoms with Gasteiger partial charge in [-0.3, -0.25) is 9.78 Å². The van der Waals surface area contributed by atoms with Gasteiger partial charge in [-0.05, 0) is 24.7 Å². The minimum Gasteiger partial charge on any atom is -0.544 e. The number of H-pyrrole nitrogens is 2. The number of carbonyl (C=O) groups excluding carboxylic acids is 1. The van der Waals surface area contributed by atoms with Crippen molar-refractivity contribution >= 4 is 39.7 Å². The van der Waals surface area contributed by atoms with Gasteiger partial charge < -0.3 is 14.9 Å². The SMILES string of the molecule is Cc1c(C(=O)[O-])sc2[nH]c(=S)[nH]c(=O)c12. The number of aromatic nitrogens is 2. The summed E-state index contributed by atoms with van der Waals surface area (Å²) in [7, 11) is 0. The molecule has 0 saturated heterocycles. The van der Waals surface area contributed by atoms with E-state index in [2.05, 4.69) is 9.97 Å². The summed E-state index contributed by atoms with van der Waals surface area (Å²) in [6.07, 6.45) is 0. The van der Waals surface area contributed by atoms with E-state index in [0.717, 1.165) is 11.3 Å². The lowest BCUT2D eigenvalue weighted by atomic mass is 10.2. The highest BCUT2D eigenvalue weighted by Gasteiger charge is 2.12. The summed E-state index contributed by atoms with van der Waals surface area (Å²) < 4.78 is 0.179. The predicted octanol–water partition coefficient (Wildman–Crippen LogP) is 0.319. The molecule has 0 aliphatic rings. The van der Waals surface area contributed by atoms with Crippen LogP contribution in [0.1, 0.15) is 15.2 Å². The summed E-state index contributed by atoms with van der Waals surface area (Å²) in [6, 6.07) is 0. The fraction of sp³-hybridized carbons (Fsp3) is 0.125. The molecule has 0 unspecified atom stereocenters. The summed E-state index contributed by atoms with van der Waals surface area (Å²) in [4.78, 5) is 27.9. The molecule has 7 heteroatoms. The quantitative estimate of drug-likeness (QED) is 0.704. The minimum atomic E-state index is -1.28. The van der Waals surface area contributed by atoms with Crippen LogP contribution in [0.5, 0.6) is 0 Å². The van der Waals surface area contributed by atoms with Crippen molar-refractivity contribution in [1.29, 1.82) is 0 Å². The molecule has 0 aliphatic heterocycles. The lowest BCUT2D eigenvalue weighted by Gasteiger charge is -1.97. The Morgan fingerprint density at radius 1 is 1.47 bits per heavy atom. The lowest BCUT2D eigenvalue weighted by Crippen LogP contribution is -2.21. The van der Waals surface area contributed by atoms with E-state index < -0.39 is 5.97 Å². The van der Waals surface area contributed by atoms with Gasteiger partial charge in [0, 0.05) is 0 Å². The molecular formula is C8H5N2O3S2-. The van der Waals surface area contributed by atoms with Gasteiger partial charge in [0.15, 0.2) is 4.77 Å². The maximum atomic E-state index is 11.5.